The number of nitrogens with zero attached hydrogens (tertiary/aromatic N) is 2. The van der Waals surface area contributed by atoms with Crippen LogP contribution in [0.3, 0.4) is 0 Å². The van der Waals surface area contributed by atoms with Crippen molar-refractivity contribution in [2.75, 3.05) is 12.0 Å². The molecule has 0 spiro atoms. The molecule has 1 saturated heterocycles. The van der Waals surface area contributed by atoms with E-state index in [9.17, 15) is 24.5 Å². The Labute approximate surface area is 220 Å². The largest absolute Gasteiger partial charge is 0.493 e. The highest BCUT2D eigenvalue weighted by Gasteiger charge is 2.37. The third kappa shape index (κ3) is 5.55. The smallest absolute Gasteiger partial charge is 0.335 e. The van der Waals surface area contributed by atoms with Crippen LogP contribution in [0.4, 0.5) is 16.2 Å². The average Bonchev–Trinajstić information content (AvgIpc) is 2.85. The highest BCUT2D eigenvalue weighted by Crippen LogP contribution is 2.38. The lowest BCUT2D eigenvalue weighted by Crippen LogP contribution is -2.54. The number of imide groups is 2. The number of urea groups is 1. The molecule has 0 bridgehead atoms. The minimum absolute atomic E-state index is 0.0475. The van der Waals surface area contributed by atoms with Crippen molar-refractivity contribution in [2.24, 2.45) is 0 Å². The Morgan fingerprint density at radius 2 is 1.78 bits per heavy atom. The van der Waals surface area contributed by atoms with Gasteiger partial charge in [-0.2, -0.15) is 0 Å². The molecule has 37 heavy (non-hydrogen) atoms. The molecule has 188 valence electrons. The fourth-order valence-electron chi connectivity index (χ4n) is 3.51. The summed E-state index contributed by atoms with van der Waals surface area (Å²) in [6.45, 7) is 0.0477. The number of barbiturate groups is 1. The fraction of sp³-hybridized carbons (Fsp3) is 0.0800. The number of benzene rings is 3. The van der Waals surface area contributed by atoms with Gasteiger partial charge < -0.3 is 9.47 Å². The van der Waals surface area contributed by atoms with Gasteiger partial charge in [0.25, 0.3) is 17.5 Å². The first-order valence-electron chi connectivity index (χ1n) is 10.6. The topological polar surface area (TPSA) is 128 Å². The molecule has 0 aliphatic carbocycles. The highest BCUT2D eigenvalue weighted by atomic mass is 35.5. The van der Waals surface area contributed by atoms with E-state index in [0.717, 1.165) is 4.90 Å². The van der Waals surface area contributed by atoms with E-state index in [1.807, 2.05) is 0 Å². The van der Waals surface area contributed by atoms with E-state index in [4.69, 9.17) is 32.7 Å². The maximum atomic E-state index is 13.1. The first-order chi connectivity index (χ1) is 17.7. The number of hydrogen-bond donors (Lipinski definition) is 1. The van der Waals surface area contributed by atoms with Crippen LogP contribution >= 0.6 is 23.2 Å². The van der Waals surface area contributed by atoms with Gasteiger partial charge in [0.2, 0.25) is 0 Å². The van der Waals surface area contributed by atoms with Crippen molar-refractivity contribution in [3.05, 3.63) is 97.5 Å². The zero-order valence-electron chi connectivity index (χ0n) is 19.1. The molecule has 0 radical (unpaired) electrons. The SMILES string of the molecule is COc1cc(/C=C2\C(=O)NC(=O)N(c3cccc(Cl)c3)C2=O)cc(Cl)c1OCc1ccc([N+](=O)[O-])cc1. The lowest BCUT2D eigenvalue weighted by molar-refractivity contribution is -0.384. The zero-order valence-corrected chi connectivity index (χ0v) is 20.6. The van der Waals surface area contributed by atoms with Crippen LogP contribution in [0.25, 0.3) is 6.08 Å². The van der Waals surface area contributed by atoms with E-state index < -0.39 is 22.8 Å². The van der Waals surface area contributed by atoms with E-state index in [-0.39, 0.29) is 40.1 Å². The lowest BCUT2D eigenvalue weighted by Gasteiger charge is -2.26. The van der Waals surface area contributed by atoms with Gasteiger partial charge in [0.1, 0.15) is 12.2 Å². The molecule has 1 heterocycles. The second-order valence-corrected chi connectivity index (χ2v) is 8.53. The van der Waals surface area contributed by atoms with Crippen molar-refractivity contribution in [3.8, 4) is 11.5 Å². The van der Waals surface area contributed by atoms with Gasteiger partial charge >= 0.3 is 6.03 Å². The molecule has 0 unspecified atom stereocenters. The first kappa shape index (κ1) is 25.7. The number of non-ortho nitro benzene ring substituents is 1. The number of hydrogen-bond acceptors (Lipinski definition) is 7. The van der Waals surface area contributed by atoms with Crippen LogP contribution in [0, 0.1) is 10.1 Å². The van der Waals surface area contributed by atoms with Crippen molar-refractivity contribution in [2.45, 2.75) is 6.61 Å². The Hall–Kier alpha value is -4.41. The molecule has 3 aromatic carbocycles. The third-order valence-corrected chi connectivity index (χ3v) is 5.78. The number of amides is 4. The number of rotatable bonds is 7. The summed E-state index contributed by atoms with van der Waals surface area (Å²) in [7, 11) is 1.39. The molecular weight excluding hydrogens is 525 g/mol. The Bertz CT molecular complexity index is 1460. The summed E-state index contributed by atoms with van der Waals surface area (Å²) in [6, 6.07) is 14.0. The maximum absolute atomic E-state index is 13.1. The number of nitrogens with one attached hydrogen (secondary N) is 1. The van der Waals surface area contributed by atoms with Crippen molar-refractivity contribution in [1.29, 1.82) is 0 Å². The summed E-state index contributed by atoms with van der Waals surface area (Å²) in [5.41, 5.74) is 0.832. The molecule has 3 aromatic rings. The molecule has 1 aliphatic rings. The number of carbonyl (C=O) groups excluding carboxylic acids is 3. The second-order valence-electron chi connectivity index (χ2n) is 7.68. The van der Waals surface area contributed by atoms with Gasteiger partial charge in [0, 0.05) is 17.2 Å². The summed E-state index contributed by atoms with van der Waals surface area (Å²) < 4.78 is 11.2. The van der Waals surface area contributed by atoms with Gasteiger partial charge in [-0.25, -0.2) is 9.69 Å². The molecule has 4 amide bonds. The number of halogens is 2. The van der Waals surface area contributed by atoms with Gasteiger partial charge in [0.05, 0.1) is 22.7 Å². The van der Waals surface area contributed by atoms with Gasteiger partial charge in [-0.3, -0.25) is 25.0 Å². The van der Waals surface area contributed by atoms with Crippen molar-refractivity contribution >= 4 is 58.5 Å². The molecule has 10 nitrogen and oxygen atoms in total. The van der Waals surface area contributed by atoms with E-state index in [2.05, 4.69) is 5.32 Å². The molecule has 12 heteroatoms. The van der Waals surface area contributed by atoms with Crippen LogP contribution in [-0.4, -0.2) is 29.9 Å². The van der Waals surface area contributed by atoms with Crippen LogP contribution in [0.15, 0.2) is 66.2 Å². The Morgan fingerprint density at radius 1 is 1.05 bits per heavy atom. The van der Waals surface area contributed by atoms with Crippen LogP contribution in [-0.2, 0) is 16.2 Å². The van der Waals surface area contributed by atoms with E-state index in [1.165, 1.54) is 49.6 Å². The van der Waals surface area contributed by atoms with Crippen LogP contribution in [0.5, 0.6) is 11.5 Å². The number of nitro benzene ring substituents is 1. The highest BCUT2D eigenvalue weighted by molar-refractivity contribution is 6.39. The minimum atomic E-state index is -0.903. The Balaban J connectivity index is 1.61. The molecule has 0 atom stereocenters. The van der Waals surface area contributed by atoms with Gasteiger partial charge in [-0.1, -0.05) is 29.3 Å². The van der Waals surface area contributed by atoms with Gasteiger partial charge in [0.15, 0.2) is 11.5 Å². The Kier molecular flexibility index (Phi) is 7.42. The lowest BCUT2D eigenvalue weighted by atomic mass is 10.1. The molecular formula is C25H17Cl2N3O7. The molecule has 4 rings (SSSR count). The normalized spacial score (nSPS) is 14.5. The molecule has 1 fully saturated rings. The summed E-state index contributed by atoms with van der Waals surface area (Å²) in [5, 5.41) is 13.4. The van der Waals surface area contributed by atoms with Crippen LogP contribution < -0.4 is 19.7 Å². The van der Waals surface area contributed by atoms with E-state index in [0.29, 0.717) is 16.1 Å². The number of anilines is 1. The fourth-order valence-corrected chi connectivity index (χ4v) is 3.96. The predicted octanol–water partition coefficient (Wildman–Crippen LogP) is 5.16. The number of ether oxygens (including phenoxy) is 2. The summed E-state index contributed by atoms with van der Waals surface area (Å²) in [6.07, 6.45) is 1.27. The average molecular weight is 542 g/mol. The van der Waals surface area contributed by atoms with Crippen molar-refractivity contribution in [1.82, 2.24) is 5.32 Å². The molecule has 0 aromatic heterocycles. The van der Waals surface area contributed by atoms with E-state index in [1.54, 1.807) is 24.3 Å². The number of carbonyl (C=O) groups is 3. The summed E-state index contributed by atoms with van der Waals surface area (Å²) in [4.78, 5) is 49.1. The zero-order chi connectivity index (χ0) is 26.7. The Morgan fingerprint density at radius 3 is 2.43 bits per heavy atom. The molecule has 0 saturated carbocycles. The van der Waals surface area contributed by atoms with Gasteiger partial charge in [-0.15, -0.1) is 0 Å². The molecule has 1 N–H and O–H groups in total. The van der Waals surface area contributed by atoms with Crippen molar-refractivity contribution in [3.63, 3.8) is 0 Å². The molecule has 1 aliphatic heterocycles. The second kappa shape index (κ2) is 10.7. The quantitative estimate of drug-likeness (QED) is 0.189. The predicted molar refractivity (Wildman–Crippen MR) is 136 cm³/mol. The summed E-state index contributed by atoms with van der Waals surface area (Å²) in [5.74, 6) is -1.31. The van der Waals surface area contributed by atoms with E-state index >= 15 is 0 Å². The maximum Gasteiger partial charge on any atom is 0.335 e. The van der Waals surface area contributed by atoms with Crippen LogP contribution in [0.1, 0.15) is 11.1 Å². The monoisotopic (exact) mass is 541 g/mol. The van der Waals surface area contributed by atoms with Crippen LogP contribution in [0.2, 0.25) is 10.0 Å². The van der Waals surface area contributed by atoms with Crippen molar-refractivity contribution < 1.29 is 28.8 Å². The van der Waals surface area contributed by atoms with Gasteiger partial charge in [-0.05, 0) is 59.7 Å². The third-order valence-electron chi connectivity index (χ3n) is 5.26. The number of nitro groups is 1. The minimum Gasteiger partial charge on any atom is -0.493 e. The number of methoxy groups -OCH3 is 1. The standard InChI is InChI=1S/C25H17Cl2N3O7/c1-36-21-11-15(10-20(27)22(21)37-13-14-5-7-17(8-6-14)30(34)35)9-19-23(31)28-25(33)29(24(19)32)18-4-2-3-16(26)12-18/h2-12H,13H2,1H3,(H,28,31,33)/b19-9+. The first-order valence-corrected chi connectivity index (χ1v) is 11.3. The summed E-state index contributed by atoms with van der Waals surface area (Å²) >= 11 is 12.4.